The molecule has 2 unspecified atom stereocenters. The Hall–Kier alpha value is -2.11. The molecule has 2 aromatic carbocycles. The summed E-state index contributed by atoms with van der Waals surface area (Å²) in [6, 6.07) is 17.9. The number of aliphatic imine (C=N–C) groups is 1. The first-order valence-corrected chi connectivity index (χ1v) is 11.2. The van der Waals surface area contributed by atoms with Gasteiger partial charge in [0.1, 0.15) is 0 Å². The zero-order chi connectivity index (χ0) is 19.1. The van der Waals surface area contributed by atoms with E-state index < -0.39 is 11.8 Å². The molecule has 5 heteroatoms. The van der Waals surface area contributed by atoms with Gasteiger partial charge in [-0.1, -0.05) is 62.2 Å². The molecule has 1 amide bonds. The Morgan fingerprint density at radius 2 is 1.81 bits per heavy atom. The molecule has 0 bridgehead atoms. The summed E-state index contributed by atoms with van der Waals surface area (Å²) in [5.41, 5.74) is 3.56. The van der Waals surface area contributed by atoms with E-state index in [1.165, 1.54) is 29.2 Å². The number of nitrogens with zero attached hydrogens (tertiary/aromatic N) is 1. The van der Waals surface area contributed by atoms with E-state index >= 15 is 0 Å². The second-order valence-corrected chi connectivity index (χ2v) is 9.15. The molecule has 0 aromatic heterocycles. The molecule has 0 saturated heterocycles. The van der Waals surface area contributed by atoms with Crippen molar-refractivity contribution in [3.63, 3.8) is 0 Å². The van der Waals surface area contributed by atoms with Gasteiger partial charge in [-0.2, -0.15) is 10.9 Å². The van der Waals surface area contributed by atoms with E-state index in [2.05, 4.69) is 19.1 Å². The van der Waals surface area contributed by atoms with Crippen LogP contribution in [0.15, 0.2) is 64.5 Å². The molecule has 0 aliphatic carbocycles. The molecule has 27 heavy (non-hydrogen) atoms. The first-order valence-electron chi connectivity index (χ1n) is 9.64. The van der Waals surface area contributed by atoms with Crippen molar-refractivity contribution in [2.75, 3.05) is 12.3 Å². The predicted octanol–water partition coefficient (Wildman–Crippen LogP) is 4.68. The minimum atomic E-state index is -0.515. The molecule has 0 radical (unpaired) electrons. The number of benzene rings is 2. The number of rotatable bonds is 8. The third-order valence-corrected chi connectivity index (χ3v) is 7.53. The van der Waals surface area contributed by atoms with Gasteiger partial charge in [0, 0.05) is 12.3 Å². The standard InChI is InChI=1S/C22H28N2O2S/c1-2-3-5-10-20-23-15-16-27(20)19-13-11-18(12-14-19)21(22(25)24-26)17-8-6-4-7-9-17/h4,6-9,11-14,21,26-27H,2-3,5,10,15-16H2,1H3,(H,24,25). The molecule has 4 nitrogen and oxygen atoms in total. The van der Waals surface area contributed by atoms with E-state index in [1.54, 1.807) is 0 Å². The summed E-state index contributed by atoms with van der Waals surface area (Å²) in [7, 11) is -0.325. The second-order valence-electron chi connectivity index (χ2n) is 6.82. The van der Waals surface area contributed by atoms with Crippen LogP contribution in [0.2, 0.25) is 0 Å². The van der Waals surface area contributed by atoms with Crippen molar-refractivity contribution in [2.24, 2.45) is 4.99 Å². The van der Waals surface area contributed by atoms with Gasteiger partial charge in [0.2, 0.25) is 0 Å². The van der Waals surface area contributed by atoms with Gasteiger partial charge >= 0.3 is 0 Å². The fraction of sp³-hybridized carbons (Fsp3) is 0.364. The molecular formula is C22H28N2O2S. The lowest BCUT2D eigenvalue weighted by atomic mass is 9.91. The largest absolute Gasteiger partial charge is 0.289 e. The number of thiol groups is 1. The van der Waals surface area contributed by atoms with Crippen LogP contribution in [0.4, 0.5) is 0 Å². The van der Waals surface area contributed by atoms with E-state index in [0.717, 1.165) is 29.8 Å². The number of carbonyl (C=O) groups excluding carboxylic acids is 1. The lowest BCUT2D eigenvalue weighted by Crippen LogP contribution is -2.27. The van der Waals surface area contributed by atoms with Gasteiger partial charge in [0.05, 0.1) is 11.0 Å². The van der Waals surface area contributed by atoms with Crippen molar-refractivity contribution in [1.29, 1.82) is 0 Å². The second kappa shape index (κ2) is 9.72. The van der Waals surface area contributed by atoms with Crippen LogP contribution < -0.4 is 5.48 Å². The summed E-state index contributed by atoms with van der Waals surface area (Å²) in [6.07, 6.45) is 4.82. The van der Waals surface area contributed by atoms with Crippen LogP contribution in [0.3, 0.4) is 0 Å². The van der Waals surface area contributed by atoms with E-state index in [9.17, 15) is 10.0 Å². The van der Waals surface area contributed by atoms with Crippen LogP contribution in [0.1, 0.15) is 49.7 Å². The lowest BCUT2D eigenvalue weighted by molar-refractivity contribution is -0.129. The van der Waals surface area contributed by atoms with Crippen molar-refractivity contribution in [2.45, 2.75) is 43.4 Å². The lowest BCUT2D eigenvalue weighted by Gasteiger charge is -2.20. The zero-order valence-corrected chi connectivity index (χ0v) is 16.7. The third kappa shape index (κ3) is 4.79. The van der Waals surface area contributed by atoms with Gasteiger partial charge in [-0.05, 0) is 41.0 Å². The minimum Gasteiger partial charge on any atom is -0.289 e. The fourth-order valence-corrected chi connectivity index (χ4v) is 5.89. The van der Waals surface area contributed by atoms with Crippen molar-refractivity contribution < 1.29 is 10.0 Å². The quantitative estimate of drug-likeness (QED) is 0.268. The maximum Gasteiger partial charge on any atom is 0.255 e. The molecule has 2 atom stereocenters. The number of unbranched alkanes of at least 4 members (excludes halogenated alkanes) is 2. The van der Waals surface area contributed by atoms with Gasteiger partial charge in [-0.25, -0.2) is 5.48 Å². The summed E-state index contributed by atoms with van der Waals surface area (Å²) < 4.78 is 0. The van der Waals surface area contributed by atoms with E-state index in [-0.39, 0.29) is 10.9 Å². The Bertz CT molecular complexity index is 775. The van der Waals surface area contributed by atoms with Crippen LogP contribution in [-0.2, 0) is 4.79 Å². The van der Waals surface area contributed by atoms with E-state index in [4.69, 9.17) is 4.99 Å². The van der Waals surface area contributed by atoms with E-state index in [1.807, 2.05) is 47.9 Å². The molecule has 2 aromatic rings. The maximum absolute atomic E-state index is 12.3. The van der Waals surface area contributed by atoms with Gasteiger partial charge in [-0.15, -0.1) is 0 Å². The van der Waals surface area contributed by atoms with Crippen LogP contribution in [0, 0.1) is 0 Å². The van der Waals surface area contributed by atoms with Crippen LogP contribution in [0.5, 0.6) is 0 Å². The fourth-order valence-electron chi connectivity index (χ4n) is 3.57. The van der Waals surface area contributed by atoms with E-state index in [0.29, 0.717) is 0 Å². The highest BCUT2D eigenvalue weighted by molar-refractivity contribution is 8.30. The SMILES string of the molecule is CCCCCC1=NCC[SH]1c1ccc(C(C(=O)NO)c2ccccc2)cc1. The number of hydrogen-bond donors (Lipinski definition) is 3. The smallest absolute Gasteiger partial charge is 0.255 e. The summed E-state index contributed by atoms with van der Waals surface area (Å²) in [5, 5.41) is 10.6. The highest BCUT2D eigenvalue weighted by atomic mass is 32.2. The molecule has 3 rings (SSSR count). The first-order chi connectivity index (χ1) is 13.2. The monoisotopic (exact) mass is 384 g/mol. The Morgan fingerprint density at radius 1 is 1.11 bits per heavy atom. The Kier molecular flexibility index (Phi) is 7.07. The zero-order valence-electron chi connectivity index (χ0n) is 15.8. The van der Waals surface area contributed by atoms with Crippen LogP contribution >= 0.6 is 10.9 Å². The number of carbonyl (C=O) groups is 1. The molecule has 1 aliphatic rings. The van der Waals surface area contributed by atoms with Gasteiger partial charge < -0.3 is 0 Å². The molecule has 1 aliphatic heterocycles. The summed E-state index contributed by atoms with van der Waals surface area (Å²) in [6.45, 7) is 3.16. The third-order valence-electron chi connectivity index (χ3n) is 4.98. The molecular weight excluding hydrogens is 356 g/mol. The molecule has 2 N–H and O–H groups in total. The number of amides is 1. The van der Waals surface area contributed by atoms with Crippen molar-refractivity contribution in [3.05, 3.63) is 65.7 Å². The topological polar surface area (TPSA) is 61.7 Å². The molecule has 0 spiro atoms. The summed E-state index contributed by atoms with van der Waals surface area (Å²) in [4.78, 5) is 18.4. The first kappa shape index (κ1) is 19.6. The van der Waals surface area contributed by atoms with Crippen LogP contribution in [-0.4, -0.2) is 28.5 Å². The number of hydrogen-bond acceptors (Lipinski definition) is 3. The Balaban J connectivity index is 1.79. The summed E-state index contributed by atoms with van der Waals surface area (Å²) in [5.74, 6) is 0.205. The molecule has 0 fully saturated rings. The molecule has 144 valence electrons. The Labute approximate surface area is 164 Å². The molecule has 1 heterocycles. The van der Waals surface area contributed by atoms with Gasteiger partial charge in [0.25, 0.3) is 5.91 Å². The normalized spacial score (nSPS) is 18.7. The highest BCUT2D eigenvalue weighted by Gasteiger charge is 2.23. The number of nitrogens with one attached hydrogen (secondary N) is 1. The number of hydroxylamine groups is 1. The minimum absolute atomic E-state index is 0.325. The van der Waals surface area contributed by atoms with Crippen LogP contribution in [0.25, 0.3) is 0 Å². The van der Waals surface area contributed by atoms with Crippen molar-refractivity contribution in [1.82, 2.24) is 5.48 Å². The average molecular weight is 385 g/mol. The summed E-state index contributed by atoms with van der Waals surface area (Å²) >= 11 is 0. The predicted molar refractivity (Wildman–Crippen MR) is 113 cm³/mol. The van der Waals surface area contributed by atoms with Gasteiger partial charge in [0.15, 0.2) is 0 Å². The maximum atomic E-state index is 12.3. The van der Waals surface area contributed by atoms with Crippen molar-refractivity contribution >= 4 is 21.8 Å². The van der Waals surface area contributed by atoms with Gasteiger partial charge in [-0.3, -0.25) is 15.0 Å². The Morgan fingerprint density at radius 3 is 2.48 bits per heavy atom. The van der Waals surface area contributed by atoms with Crippen molar-refractivity contribution in [3.8, 4) is 0 Å². The molecule has 0 saturated carbocycles. The highest BCUT2D eigenvalue weighted by Crippen LogP contribution is 2.43. The average Bonchev–Trinajstić information content (AvgIpc) is 3.18.